The summed E-state index contributed by atoms with van der Waals surface area (Å²) in [6, 6.07) is 0. The van der Waals surface area contributed by atoms with E-state index < -0.39 is 0 Å². The molecule has 1 saturated carbocycles. The van der Waals surface area contributed by atoms with Crippen molar-refractivity contribution in [2.45, 2.75) is 58.0 Å². The predicted molar refractivity (Wildman–Crippen MR) is 92.6 cm³/mol. The second-order valence-electron chi connectivity index (χ2n) is 7.81. The highest BCUT2D eigenvalue weighted by atomic mass is 32.1. The van der Waals surface area contributed by atoms with Crippen LogP contribution in [0, 0.1) is 0 Å². The van der Waals surface area contributed by atoms with E-state index in [0.29, 0.717) is 5.92 Å². The fourth-order valence-electron chi connectivity index (χ4n) is 3.17. The molecule has 24 heavy (non-hydrogen) atoms. The van der Waals surface area contributed by atoms with Gasteiger partial charge in [-0.2, -0.15) is 0 Å². The van der Waals surface area contributed by atoms with E-state index in [-0.39, 0.29) is 5.41 Å². The third-order valence-corrected chi connectivity index (χ3v) is 5.78. The van der Waals surface area contributed by atoms with Gasteiger partial charge in [0.25, 0.3) is 0 Å². The van der Waals surface area contributed by atoms with Crippen LogP contribution in [0.5, 0.6) is 0 Å². The van der Waals surface area contributed by atoms with Crippen molar-refractivity contribution in [1.82, 2.24) is 29.4 Å². The van der Waals surface area contributed by atoms with E-state index in [0.717, 1.165) is 41.2 Å². The summed E-state index contributed by atoms with van der Waals surface area (Å²) in [6.45, 7) is 9.21. The molecule has 4 heterocycles. The van der Waals surface area contributed by atoms with Gasteiger partial charge in [-0.3, -0.25) is 0 Å². The van der Waals surface area contributed by atoms with Gasteiger partial charge in [-0.25, -0.2) is 9.50 Å². The molecule has 1 aliphatic heterocycles. The van der Waals surface area contributed by atoms with Gasteiger partial charge in [0, 0.05) is 24.4 Å². The molecule has 0 aromatic carbocycles. The first-order chi connectivity index (χ1) is 11.5. The first-order valence-corrected chi connectivity index (χ1v) is 9.34. The Morgan fingerprint density at radius 1 is 1.17 bits per heavy atom. The SMILES string of the molecule is CC(C)(C)c1cn2nc(N3CCn4c(nnc4C4CC4)C3)sc2n1. The van der Waals surface area contributed by atoms with Crippen LogP contribution in [0.25, 0.3) is 4.96 Å². The van der Waals surface area contributed by atoms with E-state index in [1.807, 2.05) is 10.7 Å². The number of rotatable bonds is 2. The van der Waals surface area contributed by atoms with Crippen LogP contribution in [0.3, 0.4) is 0 Å². The standard InChI is InChI=1S/C16H21N7S/c1-16(2,3)11-8-23-14(17-11)24-15(20-23)21-6-7-22-12(9-21)18-19-13(22)10-4-5-10/h8,10H,4-7,9H2,1-3H3. The van der Waals surface area contributed by atoms with Crippen LogP contribution >= 0.6 is 11.3 Å². The van der Waals surface area contributed by atoms with Gasteiger partial charge in [0.2, 0.25) is 10.1 Å². The molecule has 0 bridgehead atoms. The lowest BCUT2D eigenvalue weighted by molar-refractivity contribution is 0.541. The van der Waals surface area contributed by atoms with E-state index in [1.54, 1.807) is 11.3 Å². The minimum absolute atomic E-state index is 0.0499. The van der Waals surface area contributed by atoms with Crippen molar-refractivity contribution in [2.75, 3.05) is 11.4 Å². The smallest absolute Gasteiger partial charge is 0.214 e. The molecule has 0 N–H and O–H groups in total. The number of nitrogens with zero attached hydrogens (tertiary/aromatic N) is 7. The number of anilines is 1. The average molecular weight is 343 g/mol. The van der Waals surface area contributed by atoms with Crippen LogP contribution in [0.2, 0.25) is 0 Å². The van der Waals surface area contributed by atoms with Gasteiger partial charge in [0.1, 0.15) is 5.82 Å². The molecule has 3 aromatic heterocycles. The van der Waals surface area contributed by atoms with Gasteiger partial charge >= 0.3 is 0 Å². The summed E-state index contributed by atoms with van der Waals surface area (Å²) in [5.41, 5.74) is 1.13. The zero-order chi connectivity index (χ0) is 16.5. The minimum atomic E-state index is 0.0499. The van der Waals surface area contributed by atoms with Crippen molar-refractivity contribution in [3.8, 4) is 0 Å². The Labute approximate surface area is 144 Å². The molecule has 0 unspecified atom stereocenters. The second kappa shape index (κ2) is 4.78. The van der Waals surface area contributed by atoms with Crippen LogP contribution in [-0.2, 0) is 18.5 Å². The maximum absolute atomic E-state index is 4.74. The molecule has 1 fully saturated rings. The number of imidazole rings is 1. The Balaban J connectivity index is 1.42. The normalized spacial score (nSPS) is 18.4. The summed E-state index contributed by atoms with van der Waals surface area (Å²) in [5, 5.41) is 14.6. The maximum Gasteiger partial charge on any atom is 0.214 e. The molecular formula is C16H21N7S. The van der Waals surface area contributed by atoms with Crippen molar-refractivity contribution in [3.05, 3.63) is 23.5 Å². The van der Waals surface area contributed by atoms with Crippen LogP contribution < -0.4 is 4.90 Å². The summed E-state index contributed by atoms with van der Waals surface area (Å²) in [5.74, 6) is 2.90. The Kier molecular flexibility index (Phi) is 2.87. The molecule has 126 valence electrons. The Bertz CT molecular complexity index is 877. The lowest BCUT2D eigenvalue weighted by Crippen LogP contribution is -2.34. The first kappa shape index (κ1) is 14.4. The quantitative estimate of drug-likeness (QED) is 0.715. The highest BCUT2D eigenvalue weighted by Gasteiger charge is 2.32. The molecular weight excluding hydrogens is 322 g/mol. The molecule has 0 amide bonds. The van der Waals surface area contributed by atoms with E-state index >= 15 is 0 Å². The van der Waals surface area contributed by atoms with Crippen LogP contribution in [0.4, 0.5) is 5.13 Å². The number of fused-ring (bicyclic) bond motifs is 2. The fraction of sp³-hybridized carbons (Fsp3) is 0.625. The zero-order valence-electron chi connectivity index (χ0n) is 14.2. The summed E-state index contributed by atoms with van der Waals surface area (Å²) >= 11 is 1.65. The highest BCUT2D eigenvalue weighted by molar-refractivity contribution is 7.20. The third kappa shape index (κ3) is 2.23. The molecule has 0 atom stereocenters. The average Bonchev–Trinajstić information content (AvgIpc) is 2.98. The van der Waals surface area contributed by atoms with Gasteiger partial charge < -0.3 is 9.47 Å². The molecule has 7 nitrogen and oxygen atoms in total. The molecule has 0 saturated heterocycles. The molecule has 1 aliphatic carbocycles. The van der Waals surface area contributed by atoms with E-state index in [9.17, 15) is 0 Å². The van der Waals surface area contributed by atoms with E-state index in [4.69, 9.17) is 10.1 Å². The topological polar surface area (TPSA) is 64.1 Å². The van der Waals surface area contributed by atoms with Gasteiger partial charge in [-0.15, -0.1) is 15.3 Å². The number of aromatic nitrogens is 6. The Hall–Kier alpha value is -1.96. The first-order valence-electron chi connectivity index (χ1n) is 8.52. The van der Waals surface area contributed by atoms with Crippen molar-refractivity contribution in [2.24, 2.45) is 0 Å². The van der Waals surface area contributed by atoms with Crippen molar-refractivity contribution >= 4 is 21.4 Å². The van der Waals surface area contributed by atoms with Crippen molar-refractivity contribution < 1.29 is 0 Å². The lowest BCUT2D eigenvalue weighted by Gasteiger charge is -2.27. The van der Waals surface area contributed by atoms with Crippen LogP contribution in [0.15, 0.2) is 6.20 Å². The maximum atomic E-state index is 4.74. The fourth-order valence-corrected chi connectivity index (χ4v) is 4.07. The minimum Gasteiger partial charge on any atom is -0.337 e. The van der Waals surface area contributed by atoms with Crippen LogP contribution in [-0.4, -0.2) is 35.9 Å². The molecule has 2 aliphatic rings. The van der Waals surface area contributed by atoms with Crippen LogP contribution in [0.1, 0.15) is 56.9 Å². The number of hydrogen-bond donors (Lipinski definition) is 0. The van der Waals surface area contributed by atoms with Gasteiger partial charge in [-0.05, 0) is 12.8 Å². The molecule has 0 radical (unpaired) electrons. The second-order valence-corrected chi connectivity index (χ2v) is 8.74. The van der Waals surface area contributed by atoms with Gasteiger partial charge in [-0.1, -0.05) is 32.1 Å². The highest BCUT2D eigenvalue weighted by Crippen LogP contribution is 2.40. The summed E-state index contributed by atoms with van der Waals surface area (Å²) in [7, 11) is 0. The lowest BCUT2D eigenvalue weighted by atomic mass is 9.93. The summed E-state index contributed by atoms with van der Waals surface area (Å²) in [6.07, 6.45) is 4.58. The Morgan fingerprint density at radius 3 is 2.71 bits per heavy atom. The monoisotopic (exact) mass is 343 g/mol. The van der Waals surface area contributed by atoms with E-state index in [1.165, 1.54) is 18.7 Å². The number of hydrogen-bond acceptors (Lipinski definition) is 6. The molecule has 0 spiro atoms. The summed E-state index contributed by atoms with van der Waals surface area (Å²) < 4.78 is 4.22. The molecule has 8 heteroatoms. The van der Waals surface area contributed by atoms with Crippen molar-refractivity contribution in [1.29, 1.82) is 0 Å². The Morgan fingerprint density at radius 2 is 2.00 bits per heavy atom. The summed E-state index contributed by atoms with van der Waals surface area (Å²) in [4.78, 5) is 7.99. The van der Waals surface area contributed by atoms with Crippen molar-refractivity contribution in [3.63, 3.8) is 0 Å². The van der Waals surface area contributed by atoms with E-state index in [2.05, 4.69) is 40.4 Å². The van der Waals surface area contributed by atoms with Gasteiger partial charge in [0.15, 0.2) is 5.82 Å². The van der Waals surface area contributed by atoms with Gasteiger partial charge in [0.05, 0.1) is 18.4 Å². The predicted octanol–water partition coefficient (Wildman–Crippen LogP) is 2.58. The molecule has 5 rings (SSSR count). The largest absolute Gasteiger partial charge is 0.337 e. The third-order valence-electron chi connectivity index (χ3n) is 4.80. The zero-order valence-corrected chi connectivity index (χ0v) is 15.0. The molecule has 3 aromatic rings.